The van der Waals surface area contributed by atoms with Gasteiger partial charge in [-0.2, -0.15) is 0 Å². The topological polar surface area (TPSA) is 40.6 Å². The molecule has 2 amide bonds. The molecule has 164 valence electrons. The van der Waals surface area contributed by atoms with Crippen LogP contribution in [0.4, 0.5) is 11.4 Å². The van der Waals surface area contributed by atoms with Gasteiger partial charge in [0.2, 0.25) is 5.91 Å². The van der Waals surface area contributed by atoms with Crippen LogP contribution in [0.25, 0.3) is 0 Å². The van der Waals surface area contributed by atoms with Crippen molar-refractivity contribution in [3.63, 3.8) is 0 Å². The summed E-state index contributed by atoms with van der Waals surface area (Å²) >= 11 is 0. The van der Waals surface area contributed by atoms with E-state index in [4.69, 9.17) is 0 Å². The minimum absolute atomic E-state index is 0.0163. The monoisotopic (exact) mass is 426 g/mol. The molecule has 3 aromatic carbocycles. The van der Waals surface area contributed by atoms with E-state index in [1.165, 1.54) is 0 Å². The van der Waals surface area contributed by atoms with Crippen LogP contribution >= 0.6 is 0 Å². The lowest BCUT2D eigenvalue weighted by atomic mass is 9.86. The summed E-state index contributed by atoms with van der Waals surface area (Å²) in [6.07, 6.45) is 0.659. The Labute approximate surface area is 190 Å². The number of benzene rings is 3. The minimum Gasteiger partial charge on any atom is -0.305 e. The van der Waals surface area contributed by atoms with Gasteiger partial charge in [0.1, 0.15) is 0 Å². The molecule has 0 saturated heterocycles. The number of nitrogens with zero attached hydrogens (tertiary/aromatic N) is 2. The Balaban J connectivity index is 1.82. The smallest absolute Gasteiger partial charge is 0.258 e. The van der Waals surface area contributed by atoms with E-state index in [0.29, 0.717) is 12.0 Å². The van der Waals surface area contributed by atoms with E-state index in [1.807, 2.05) is 116 Å². The zero-order valence-corrected chi connectivity index (χ0v) is 19.2. The normalized spacial score (nSPS) is 18.1. The summed E-state index contributed by atoms with van der Waals surface area (Å²) in [6, 6.07) is 27.0. The molecule has 0 spiro atoms. The second kappa shape index (κ2) is 8.62. The van der Waals surface area contributed by atoms with Crippen molar-refractivity contribution < 1.29 is 9.59 Å². The molecule has 4 rings (SSSR count). The molecule has 1 aliphatic heterocycles. The Morgan fingerprint density at radius 2 is 1.41 bits per heavy atom. The third kappa shape index (κ3) is 4.05. The van der Waals surface area contributed by atoms with Crippen molar-refractivity contribution in [3.8, 4) is 0 Å². The highest BCUT2D eigenvalue weighted by Crippen LogP contribution is 2.44. The molecule has 2 atom stereocenters. The molecular formula is C28H30N2O2. The Hall–Kier alpha value is -3.40. The summed E-state index contributed by atoms with van der Waals surface area (Å²) in [6.45, 7) is 7.92. The van der Waals surface area contributed by atoms with Crippen LogP contribution in [0.3, 0.4) is 0 Å². The Morgan fingerprint density at radius 3 is 2.03 bits per heavy atom. The van der Waals surface area contributed by atoms with Crippen LogP contribution in [0.2, 0.25) is 0 Å². The van der Waals surface area contributed by atoms with Crippen molar-refractivity contribution in [2.75, 3.05) is 9.80 Å². The van der Waals surface area contributed by atoms with Crippen molar-refractivity contribution in [1.29, 1.82) is 0 Å². The third-order valence-electron chi connectivity index (χ3n) is 6.01. The second-order valence-corrected chi connectivity index (χ2v) is 9.46. The average molecular weight is 427 g/mol. The zero-order chi connectivity index (χ0) is 22.9. The zero-order valence-electron chi connectivity index (χ0n) is 19.2. The molecule has 0 saturated carbocycles. The first kappa shape index (κ1) is 21.8. The van der Waals surface area contributed by atoms with Gasteiger partial charge in [-0.25, -0.2) is 0 Å². The molecule has 0 bridgehead atoms. The maximum atomic E-state index is 13.7. The summed E-state index contributed by atoms with van der Waals surface area (Å²) in [7, 11) is 0. The number of hydrogen-bond donors (Lipinski definition) is 0. The highest BCUT2D eigenvalue weighted by atomic mass is 16.2. The molecule has 4 nitrogen and oxygen atoms in total. The molecule has 0 aliphatic carbocycles. The molecule has 0 N–H and O–H groups in total. The quantitative estimate of drug-likeness (QED) is 0.497. The standard InChI is InChI=1S/C28H30N2O2/c1-20-19-25(30(27(32)28(2,3)4)22-15-9-6-10-16-22)23-17-11-12-18-24(23)29(20)26(31)21-13-7-5-8-14-21/h5-18,20,25H,19H2,1-4H3/t20-,25-/m1/s1. The van der Waals surface area contributed by atoms with Gasteiger partial charge in [0.15, 0.2) is 0 Å². The lowest BCUT2D eigenvalue weighted by molar-refractivity contribution is -0.126. The lowest BCUT2D eigenvalue weighted by Gasteiger charge is -2.45. The van der Waals surface area contributed by atoms with Gasteiger partial charge in [0.25, 0.3) is 5.91 Å². The highest BCUT2D eigenvalue weighted by Gasteiger charge is 2.41. The highest BCUT2D eigenvalue weighted by molar-refractivity contribution is 6.07. The number of para-hydroxylation sites is 2. The van der Waals surface area contributed by atoms with E-state index in [1.54, 1.807) is 0 Å². The van der Waals surface area contributed by atoms with E-state index in [2.05, 4.69) is 6.92 Å². The van der Waals surface area contributed by atoms with Crippen molar-refractivity contribution >= 4 is 23.2 Å². The van der Waals surface area contributed by atoms with Crippen LogP contribution in [0, 0.1) is 5.41 Å². The molecule has 3 aromatic rings. The predicted octanol–water partition coefficient (Wildman–Crippen LogP) is 6.25. The van der Waals surface area contributed by atoms with Gasteiger partial charge < -0.3 is 9.80 Å². The van der Waals surface area contributed by atoms with Crippen molar-refractivity contribution in [1.82, 2.24) is 0 Å². The lowest BCUT2D eigenvalue weighted by Crippen LogP contribution is -2.49. The molecule has 4 heteroatoms. The fraction of sp³-hybridized carbons (Fsp3) is 0.286. The largest absolute Gasteiger partial charge is 0.305 e. The molecular weight excluding hydrogens is 396 g/mol. The summed E-state index contributed by atoms with van der Waals surface area (Å²) in [5, 5.41) is 0. The molecule has 0 fully saturated rings. The van der Waals surface area contributed by atoms with Gasteiger partial charge in [-0.3, -0.25) is 9.59 Å². The number of amides is 2. The SMILES string of the molecule is C[C@@H]1C[C@@H](N(C(=O)C(C)(C)C)c2ccccc2)c2ccccc2N1C(=O)c1ccccc1. The number of anilines is 2. The van der Waals surface area contributed by atoms with Crippen molar-refractivity contribution in [2.24, 2.45) is 5.41 Å². The minimum atomic E-state index is -0.537. The van der Waals surface area contributed by atoms with E-state index >= 15 is 0 Å². The third-order valence-corrected chi connectivity index (χ3v) is 6.01. The van der Waals surface area contributed by atoms with Gasteiger partial charge in [0.05, 0.1) is 6.04 Å². The van der Waals surface area contributed by atoms with E-state index in [0.717, 1.165) is 16.9 Å². The first-order chi connectivity index (χ1) is 15.3. The maximum Gasteiger partial charge on any atom is 0.258 e. The molecule has 0 radical (unpaired) electrons. The Morgan fingerprint density at radius 1 is 0.844 bits per heavy atom. The number of hydrogen-bond acceptors (Lipinski definition) is 2. The van der Waals surface area contributed by atoms with Gasteiger partial charge >= 0.3 is 0 Å². The van der Waals surface area contributed by atoms with Crippen molar-refractivity contribution in [2.45, 2.75) is 46.2 Å². The molecule has 0 aromatic heterocycles. The van der Waals surface area contributed by atoms with Crippen LogP contribution in [-0.4, -0.2) is 17.9 Å². The number of carbonyl (C=O) groups is 2. The fourth-order valence-corrected chi connectivity index (χ4v) is 4.44. The Kier molecular flexibility index (Phi) is 5.88. The van der Waals surface area contributed by atoms with E-state index in [9.17, 15) is 9.59 Å². The molecule has 0 unspecified atom stereocenters. The molecule has 1 aliphatic rings. The van der Waals surface area contributed by atoms with E-state index < -0.39 is 5.41 Å². The molecule has 32 heavy (non-hydrogen) atoms. The van der Waals surface area contributed by atoms with Gasteiger partial charge in [-0.1, -0.05) is 75.4 Å². The van der Waals surface area contributed by atoms with Crippen LogP contribution in [-0.2, 0) is 4.79 Å². The summed E-state index contributed by atoms with van der Waals surface area (Å²) < 4.78 is 0. The predicted molar refractivity (Wildman–Crippen MR) is 130 cm³/mol. The second-order valence-electron chi connectivity index (χ2n) is 9.46. The summed E-state index contributed by atoms with van der Waals surface area (Å²) in [4.78, 5) is 30.9. The van der Waals surface area contributed by atoms with Crippen LogP contribution in [0.15, 0.2) is 84.9 Å². The molecule has 1 heterocycles. The van der Waals surface area contributed by atoms with Crippen LogP contribution in [0.5, 0.6) is 0 Å². The average Bonchev–Trinajstić information content (AvgIpc) is 2.79. The maximum absolute atomic E-state index is 13.7. The van der Waals surface area contributed by atoms with E-state index in [-0.39, 0.29) is 23.9 Å². The first-order valence-corrected chi connectivity index (χ1v) is 11.2. The van der Waals surface area contributed by atoms with Gasteiger partial charge in [-0.15, -0.1) is 0 Å². The van der Waals surface area contributed by atoms with Gasteiger partial charge in [0, 0.05) is 28.4 Å². The number of rotatable bonds is 3. The van der Waals surface area contributed by atoms with Crippen molar-refractivity contribution in [3.05, 3.63) is 96.1 Å². The Bertz CT molecular complexity index is 1100. The number of fused-ring (bicyclic) bond motifs is 1. The van der Waals surface area contributed by atoms with Crippen LogP contribution in [0.1, 0.15) is 56.1 Å². The number of carbonyl (C=O) groups excluding carboxylic acids is 2. The van der Waals surface area contributed by atoms with Crippen LogP contribution < -0.4 is 9.80 Å². The van der Waals surface area contributed by atoms with Gasteiger partial charge in [-0.05, 0) is 49.2 Å². The first-order valence-electron chi connectivity index (χ1n) is 11.2. The fourth-order valence-electron chi connectivity index (χ4n) is 4.44. The summed E-state index contributed by atoms with van der Waals surface area (Å²) in [5.74, 6) is 0.0518. The summed E-state index contributed by atoms with van der Waals surface area (Å²) in [5.41, 5.74) is 2.87.